The molecule has 2 fully saturated rings. The molecule has 2 aliphatic heterocycles. The van der Waals surface area contributed by atoms with Gasteiger partial charge in [-0.25, -0.2) is 0 Å². The van der Waals surface area contributed by atoms with E-state index in [1.165, 1.54) is 13.8 Å². The molecule has 2 heterocycles. The number of ether oxygens (including phenoxy) is 4. The molecule has 2 saturated heterocycles. The Bertz CT molecular complexity index is 2770. The van der Waals surface area contributed by atoms with Crippen LogP contribution in [-0.2, 0) is 39.7 Å². The SMILES string of the molecule is CC(=O)OCCOC1(c2ccccc2)CCN(CCC(CN(C)C(=O)c2ccccc2)c2ccc(Cl)c(Cl)c2)CC1.CC(=O)OCCOC1(c2ccccc2)CCN(CCC(CN(C)C(=O)c2ccccc2)c2ccc(Cl)c(Cl)c2)CC1.Cl.Cl.O. The molecule has 13 nitrogen and oxygen atoms in total. The molecule has 2 N–H and O–H groups in total. The Morgan fingerprint density at radius 1 is 0.471 bits per heavy atom. The van der Waals surface area contributed by atoms with Crippen LogP contribution in [0.3, 0.4) is 0 Å². The number of amides is 2. The van der Waals surface area contributed by atoms with Crippen LogP contribution in [0.1, 0.15) is 107 Å². The van der Waals surface area contributed by atoms with Crippen LogP contribution in [0.4, 0.5) is 0 Å². The van der Waals surface area contributed by atoms with Crippen molar-refractivity contribution in [2.24, 2.45) is 0 Å². The zero-order chi connectivity index (χ0) is 58.5. The molecule has 19 heteroatoms. The molecule has 6 aromatic rings. The third-order valence-corrected chi connectivity index (χ3v) is 17.1. The Balaban J connectivity index is 0.000000352. The Hall–Kier alpha value is -5.26. The van der Waals surface area contributed by atoms with Gasteiger partial charge >= 0.3 is 11.9 Å². The molecule has 0 aromatic heterocycles. The van der Waals surface area contributed by atoms with Crippen LogP contribution in [-0.4, -0.2) is 142 Å². The second-order valence-electron chi connectivity index (χ2n) is 21.2. The number of likely N-dealkylation sites (tertiary alicyclic amines) is 2. The van der Waals surface area contributed by atoms with Crippen molar-refractivity contribution in [3.63, 3.8) is 0 Å². The number of hydrogen-bond donors (Lipinski definition) is 0. The molecular weight excluding hydrogens is 1210 g/mol. The van der Waals surface area contributed by atoms with Gasteiger partial charge in [-0.3, -0.25) is 19.2 Å². The number of piperidine rings is 2. The summed E-state index contributed by atoms with van der Waals surface area (Å²) in [6, 6.07) is 50.8. The Labute approximate surface area is 534 Å². The fourth-order valence-corrected chi connectivity index (χ4v) is 11.6. The average molecular weight is 1290 g/mol. The molecule has 6 aromatic carbocycles. The van der Waals surface area contributed by atoms with E-state index in [1.807, 2.05) is 148 Å². The molecule has 85 heavy (non-hydrogen) atoms. The van der Waals surface area contributed by atoms with Crippen molar-refractivity contribution in [1.29, 1.82) is 0 Å². The maximum absolute atomic E-state index is 13.1. The van der Waals surface area contributed by atoms with E-state index in [9.17, 15) is 19.2 Å². The van der Waals surface area contributed by atoms with Gasteiger partial charge in [0, 0.05) is 90.2 Å². The quantitative estimate of drug-likeness (QED) is 0.0423. The van der Waals surface area contributed by atoms with Gasteiger partial charge in [0.1, 0.15) is 13.2 Å². The summed E-state index contributed by atoms with van der Waals surface area (Å²) in [5.41, 5.74) is 4.95. The monoisotopic (exact) mass is 1280 g/mol. The summed E-state index contributed by atoms with van der Waals surface area (Å²) in [5, 5.41) is 2.07. The zero-order valence-corrected chi connectivity index (χ0v) is 53.4. The summed E-state index contributed by atoms with van der Waals surface area (Å²) in [7, 11) is 3.70. The fourth-order valence-electron chi connectivity index (χ4n) is 11.0. The minimum Gasteiger partial charge on any atom is -0.463 e. The molecule has 2 atom stereocenters. The van der Waals surface area contributed by atoms with Gasteiger partial charge in [0.15, 0.2) is 0 Å². The van der Waals surface area contributed by atoms with Gasteiger partial charge in [-0.15, -0.1) is 24.8 Å². The average Bonchev–Trinajstić information content (AvgIpc) is 3.70. The molecule has 2 aliphatic rings. The van der Waals surface area contributed by atoms with E-state index in [2.05, 4.69) is 34.1 Å². The summed E-state index contributed by atoms with van der Waals surface area (Å²) in [6.45, 7) is 10.4. The molecule has 0 saturated carbocycles. The van der Waals surface area contributed by atoms with Gasteiger partial charge in [-0.2, -0.15) is 0 Å². The van der Waals surface area contributed by atoms with Crippen molar-refractivity contribution in [2.75, 3.05) is 92.9 Å². The van der Waals surface area contributed by atoms with Crippen LogP contribution in [0.5, 0.6) is 0 Å². The van der Waals surface area contributed by atoms with Gasteiger partial charge in [-0.1, -0.05) is 156 Å². The third-order valence-electron chi connectivity index (χ3n) is 15.6. The van der Waals surface area contributed by atoms with E-state index in [-0.39, 0.29) is 79.1 Å². The molecule has 0 radical (unpaired) electrons. The lowest BCUT2D eigenvalue weighted by Crippen LogP contribution is -2.45. The van der Waals surface area contributed by atoms with Crippen molar-refractivity contribution in [3.8, 4) is 0 Å². The van der Waals surface area contributed by atoms with Crippen molar-refractivity contribution in [1.82, 2.24) is 19.6 Å². The van der Waals surface area contributed by atoms with Gasteiger partial charge in [0.05, 0.1) is 44.5 Å². The second-order valence-corrected chi connectivity index (χ2v) is 22.8. The molecule has 8 rings (SSSR count). The van der Waals surface area contributed by atoms with Crippen molar-refractivity contribution in [2.45, 2.75) is 75.4 Å². The number of carbonyl (C=O) groups excluding carboxylic acids is 4. The number of rotatable bonds is 24. The van der Waals surface area contributed by atoms with Crippen molar-refractivity contribution in [3.05, 3.63) is 211 Å². The Morgan fingerprint density at radius 2 is 0.788 bits per heavy atom. The van der Waals surface area contributed by atoms with E-state index in [0.717, 1.165) is 100 Å². The normalized spacial score (nSPS) is 15.2. The van der Waals surface area contributed by atoms with Crippen molar-refractivity contribution >= 4 is 95.0 Å². The van der Waals surface area contributed by atoms with Crippen molar-refractivity contribution < 1.29 is 43.6 Å². The summed E-state index contributed by atoms with van der Waals surface area (Å²) >= 11 is 25.2. The number of likely N-dealkylation sites (N-methyl/N-ethyl adjacent to an activating group) is 2. The van der Waals surface area contributed by atoms with Crippen LogP contribution in [0.2, 0.25) is 20.1 Å². The van der Waals surface area contributed by atoms with Crippen LogP contribution in [0.15, 0.2) is 158 Å². The largest absolute Gasteiger partial charge is 0.463 e. The minimum absolute atomic E-state index is 0. The highest BCUT2D eigenvalue weighted by atomic mass is 35.5. The maximum Gasteiger partial charge on any atom is 0.302 e. The molecule has 0 spiro atoms. The molecule has 0 aliphatic carbocycles. The number of carbonyl (C=O) groups is 4. The molecule has 460 valence electrons. The van der Waals surface area contributed by atoms with Crippen LogP contribution >= 0.6 is 71.2 Å². The topological polar surface area (TPSA) is 150 Å². The lowest BCUT2D eigenvalue weighted by Gasteiger charge is -2.42. The number of esters is 2. The van der Waals surface area contributed by atoms with E-state index in [0.29, 0.717) is 57.5 Å². The highest BCUT2D eigenvalue weighted by Gasteiger charge is 2.39. The number of benzene rings is 6. The first kappa shape index (κ1) is 72.2. The highest BCUT2D eigenvalue weighted by Crippen LogP contribution is 2.39. The summed E-state index contributed by atoms with van der Waals surface area (Å²) < 4.78 is 23.1. The molecular formula is C66H80Cl6N4O9. The van der Waals surface area contributed by atoms with E-state index < -0.39 is 11.2 Å². The predicted octanol–water partition coefficient (Wildman–Crippen LogP) is 13.6. The summed E-state index contributed by atoms with van der Waals surface area (Å²) in [6.07, 6.45) is 5.05. The Morgan fingerprint density at radius 3 is 1.09 bits per heavy atom. The minimum atomic E-state index is -0.413. The lowest BCUT2D eigenvalue weighted by atomic mass is 9.83. The van der Waals surface area contributed by atoms with Gasteiger partial charge in [-0.05, 0) is 122 Å². The first-order chi connectivity index (χ1) is 39.5. The fraction of sp³-hybridized carbons (Fsp3) is 0.394. The molecule has 0 bridgehead atoms. The number of hydrogen-bond acceptors (Lipinski definition) is 10. The van der Waals surface area contributed by atoms with Gasteiger partial charge in [0.2, 0.25) is 0 Å². The smallest absolute Gasteiger partial charge is 0.302 e. The third kappa shape index (κ3) is 21.5. The van der Waals surface area contributed by atoms with Crippen LogP contribution in [0.25, 0.3) is 0 Å². The second kappa shape index (κ2) is 36.1. The molecule has 2 amide bonds. The van der Waals surface area contributed by atoms with Crippen LogP contribution in [0, 0.1) is 0 Å². The first-order valence-corrected chi connectivity index (χ1v) is 29.7. The predicted molar refractivity (Wildman–Crippen MR) is 345 cm³/mol. The standard InChI is InChI=1S/2C33H38Cl2N2O4.2ClH.H2O/c2*1-25(38)40-21-22-41-33(29-11-7-4-8-12-29)16-19-37(20-17-33)18-15-28(27-13-14-30(34)31(35)23-27)24-36(2)32(39)26-9-5-3-6-10-26;;;/h2*3-14,23,28H,15-22,24H2,1-2H3;2*1H;1H2. The van der Waals surface area contributed by atoms with Crippen LogP contribution < -0.4 is 0 Å². The van der Waals surface area contributed by atoms with Gasteiger partial charge in [0.25, 0.3) is 11.8 Å². The Kier molecular flexibility index (Phi) is 30.7. The van der Waals surface area contributed by atoms with E-state index in [4.69, 9.17) is 65.4 Å². The maximum atomic E-state index is 13.1. The highest BCUT2D eigenvalue weighted by molar-refractivity contribution is 6.42. The van der Waals surface area contributed by atoms with E-state index in [1.54, 1.807) is 9.80 Å². The van der Waals surface area contributed by atoms with Gasteiger partial charge < -0.3 is 44.0 Å². The number of nitrogens with zero attached hydrogens (tertiary/aromatic N) is 4. The lowest BCUT2D eigenvalue weighted by molar-refractivity contribution is -0.148. The zero-order valence-electron chi connectivity index (χ0n) is 48.8. The summed E-state index contributed by atoms with van der Waals surface area (Å²) in [5.74, 6) is -0.444. The van der Waals surface area contributed by atoms with E-state index >= 15 is 0 Å². The number of halogens is 6. The molecule has 2 unspecified atom stereocenters. The first-order valence-electron chi connectivity index (χ1n) is 28.2. The summed E-state index contributed by atoms with van der Waals surface area (Å²) in [4.78, 5) is 57.1.